The van der Waals surface area contributed by atoms with Gasteiger partial charge in [0.2, 0.25) is 0 Å². The molecule has 2 bridgehead atoms. The van der Waals surface area contributed by atoms with Crippen molar-refractivity contribution in [1.82, 2.24) is 29.7 Å². The maximum atomic E-state index is 14.7. The minimum atomic E-state index is -2.50. The molecule has 2 aromatic heterocycles. The van der Waals surface area contributed by atoms with Crippen LogP contribution in [0, 0.1) is 29.0 Å². The second-order valence-corrected chi connectivity index (χ2v) is 15.1. The van der Waals surface area contributed by atoms with Crippen molar-refractivity contribution >= 4 is 38.5 Å². The predicted molar refractivity (Wildman–Crippen MR) is 188 cm³/mol. The summed E-state index contributed by atoms with van der Waals surface area (Å²) in [4.78, 5) is 34.6. The Kier molecular flexibility index (Phi) is 9.25. The van der Waals surface area contributed by atoms with Crippen molar-refractivity contribution in [3.8, 4) is 11.5 Å². The number of rotatable bonds is 7. The Morgan fingerprint density at radius 3 is 2.73 bits per heavy atom. The lowest BCUT2D eigenvalue weighted by atomic mass is 9.45. The fraction of sp³-hybridized carbons (Fsp3) is 0.472. The molecule has 0 unspecified atom stereocenters. The van der Waals surface area contributed by atoms with Gasteiger partial charge >= 0.3 is 0 Å². The molecule has 9 nitrogen and oxygen atoms in total. The lowest BCUT2D eigenvalue weighted by molar-refractivity contribution is -0.108. The van der Waals surface area contributed by atoms with Gasteiger partial charge in [-0.1, -0.05) is 42.8 Å². The highest BCUT2D eigenvalue weighted by Gasteiger charge is 2.56. The van der Waals surface area contributed by atoms with E-state index in [-0.39, 0.29) is 36.9 Å². The monoisotopic (exact) mass is 736 g/mol. The molecular weight excluding hydrogens is 697 g/mol. The van der Waals surface area contributed by atoms with Crippen molar-refractivity contribution in [2.24, 2.45) is 28.2 Å². The first-order valence-electron chi connectivity index (χ1n) is 16.9. The third kappa shape index (κ3) is 6.59. The Morgan fingerprint density at radius 2 is 2.02 bits per heavy atom. The zero-order valence-electron chi connectivity index (χ0n) is 27.7. The highest BCUT2D eigenvalue weighted by molar-refractivity contribution is 9.10. The molecular formula is C36H40BrF3N8O. The number of aliphatic imine (C=N–C) groups is 1. The summed E-state index contributed by atoms with van der Waals surface area (Å²) in [5.41, 5.74) is 1.95. The van der Waals surface area contributed by atoms with E-state index in [4.69, 9.17) is 9.98 Å². The van der Waals surface area contributed by atoms with Crippen LogP contribution in [0.25, 0.3) is 22.4 Å². The van der Waals surface area contributed by atoms with Gasteiger partial charge in [-0.2, -0.15) is 0 Å². The minimum Gasteiger partial charge on any atom is -0.340 e. The van der Waals surface area contributed by atoms with Gasteiger partial charge in [-0.05, 0) is 78.3 Å². The number of nitrogens with zero attached hydrogens (tertiary/aromatic N) is 6. The first-order valence-corrected chi connectivity index (χ1v) is 17.6. The largest absolute Gasteiger partial charge is 0.340 e. The van der Waals surface area contributed by atoms with Gasteiger partial charge in [0, 0.05) is 48.7 Å². The summed E-state index contributed by atoms with van der Waals surface area (Å²) in [6, 6.07) is 9.25. The molecule has 1 saturated heterocycles. The van der Waals surface area contributed by atoms with Crippen molar-refractivity contribution in [1.29, 1.82) is 0 Å². The van der Waals surface area contributed by atoms with Crippen LogP contribution in [0.1, 0.15) is 39.2 Å². The van der Waals surface area contributed by atoms with Crippen LogP contribution in [0.2, 0.25) is 0 Å². The molecule has 0 amide bonds. The van der Waals surface area contributed by atoms with Crippen LogP contribution in [0.5, 0.6) is 0 Å². The van der Waals surface area contributed by atoms with Gasteiger partial charge in [-0.25, -0.2) is 28.1 Å². The van der Waals surface area contributed by atoms with Crippen LogP contribution in [0.15, 0.2) is 69.2 Å². The molecule has 13 heteroatoms. The summed E-state index contributed by atoms with van der Waals surface area (Å²) >= 11 is 3.29. The maximum Gasteiger partial charge on any atom is 0.261 e. The summed E-state index contributed by atoms with van der Waals surface area (Å²) in [6.07, 6.45) is 4.55. The molecule has 4 fully saturated rings. The van der Waals surface area contributed by atoms with Crippen LogP contribution in [0.4, 0.5) is 18.9 Å². The number of alkyl halides is 2. The number of anilines is 1. The fourth-order valence-electron chi connectivity index (χ4n) is 7.98. The molecule has 4 aliphatic rings. The van der Waals surface area contributed by atoms with Gasteiger partial charge in [0.1, 0.15) is 11.5 Å². The molecule has 0 radical (unpaired) electrons. The molecule has 258 valence electrons. The van der Waals surface area contributed by atoms with Crippen molar-refractivity contribution in [2.45, 2.75) is 65.1 Å². The highest BCUT2D eigenvalue weighted by atomic mass is 79.9. The number of hydrogen-bond donors (Lipinski definition) is 2. The van der Waals surface area contributed by atoms with E-state index < -0.39 is 12.5 Å². The van der Waals surface area contributed by atoms with E-state index in [1.54, 1.807) is 36.5 Å². The van der Waals surface area contributed by atoms with E-state index >= 15 is 0 Å². The highest BCUT2D eigenvalue weighted by Crippen LogP contribution is 2.61. The van der Waals surface area contributed by atoms with E-state index in [9.17, 15) is 18.0 Å². The lowest BCUT2D eigenvalue weighted by Crippen LogP contribution is -2.58. The number of nitrogens with one attached hydrogen (secondary N) is 2. The van der Waals surface area contributed by atoms with Crippen molar-refractivity contribution in [3.05, 3.63) is 81.2 Å². The van der Waals surface area contributed by atoms with Crippen molar-refractivity contribution in [3.63, 3.8) is 0 Å². The second kappa shape index (κ2) is 13.5. The number of aromatic nitrogens is 4. The van der Waals surface area contributed by atoms with Crippen LogP contribution in [-0.4, -0.2) is 68.5 Å². The van der Waals surface area contributed by atoms with Crippen LogP contribution >= 0.6 is 15.9 Å². The molecule has 3 saturated carbocycles. The van der Waals surface area contributed by atoms with Crippen LogP contribution in [-0.2, 0) is 13.0 Å². The number of piperazine rings is 1. The van der Waals surface area contributed by atoms with Crippen molar-refractivity contribution in [2.75, 3.05) is 25.0 Å². The quantitative estimate of drug-likeness (QED) is 0.168. The van der Waals surface area contributed by atoms with Crippen molar-refractivity contribution < 1.29 is 13.2 Å². The molecule has 3 heterocycles. The Bertz CT molecular complexity index is 1940. The first-order chi connectivity index (χ1) is 23.5. The zero-order chi connectivity index (χ0) is 34.4. The third-order valence-electron chi connectivity index (χ3n) is 11.0. The molecule has 2 N–H and O–H groups in total. The van der Waals surface area contributed by atoms with Gasteiger partial charge in [0.15, 0.2) is 11.8 Å². The Morgan fingerprint density at radius 1 is 1.18 bits per heavy atom. The van der Waals surface area contributed by atoms with E-state index in [2.05, 4.69) is 57.3 Å². The summed E-state index contributed by atoms with van der Waals surface area (Å²) in [7, 11) is 0. The molecule has 3 aliphatic carbocycles. The fourth-order valence-corrected chi connectivity index (χ4v) is 8.32. The average Bonchev–Trinajstić information content (AvgIpc) is 3.09. The van der Waals surface area contributed by atoms with Crippen LogP contribution in [0.3, 0.4) is 0 Å². The van der Waals surface area contributed by atoms with E-state index in [1.165, 1.54) is 29.4 Å². The first kappa shape index (κ1) is 33.6. The normalized spacial score (nSPS) is 25.0. The minimum absolute atomic E-state index is 0.0729. The van der Waals surface area contributed by atoms with Crippen LogP contribution < -0.4 is 16.2 Å². The molecule has 1 aliphatic heterocycles. The van der Waals surface area contributed by atoms with E-state index in [1.807, 2.05) is 4.90 Å². The number of fused-ring (bicyclic) bond motifs is 3. The Balaban J connectivity index is 1.24. The standard InChI is InChI=1S/C36H40BrF3N8O/c1-20-26-14-22(36(26,2)3)15-28(20)46-35(47-13-11-43-31(19-47)32(39)40)44-24-6-7-25-29(17-24)45-33(30-18-41-9-10-42-30)48(34(25)49)12-8-21-4-5-23(37)16-27(21)38/h4-7,9-10,16-18,20,22,26,28,31-32,43H,8,11-15,19H2,1-3H3,(H,44,46)/t20-,22+,26-,28-,31+/m0/s1. The summed E-state index contributed by atoms with van der Waals surface area (Å²) in [5, 5.41) is 6.77. The number of guanidine groups is 1. The molecule has 2 aromatic carbocycles. The number of hydrogen-bond acceptors (Lipinski definition) is 6. The van der Waals surface area contributed by atoms with E-state index in [0.717, 1.165) is 6.42 Å². The van der Waals surface area contributed by atoms with Gasteiger partial charge in [0.05, 0.1) is 29.2 Å². The Hall–Kier alpha value is -3.84. The Labute approximate surface area is 291 Å². The number of aryl methyl sites for hydroxylation is 1. The zero-order valence-corrected chi connectivity index (χ0v) is 29.3. The number of halogens is 4. The summed E-state index contributed by atoms with van der Waals surface area (Å²) in [6.45, 7) is 8.19. The number of benzene rings is 2. The van der Waals surface area contributed by atoms with Gasteiger partial charge in [-0.3, -0.25) is 14.3 Å². The second-order valence-electron chi connectivity index (χ2n) is 14.1. The molecule has 49 heavy (non-hydrogen) atoms. The SMILES string of the molecule is C[C@@H]1[C@@H](N=C(Nc2ccc3c(=O)n(CCc4ccc(Br)cc4F)c(-c4cnccn4)nc3c2)N2CCN[C@@H](C(F)F)C2)C[C@H]2C[C@@H]1C2(C)C. The third-order valence-corrected chi connectivity index (χ3v) is 11.5. The smallest absolute Gasteiger partial charge is 0.261 e. The van der Waals surface area contributed by atoms with Gasteiger partial charge in [0.25, 0.3) is 12.0 Å². The molecule has 4 aromatic rings. The van der Waals surface area contributed by atoms with Gasteiger partial charge < -0.3 is 15.5 Å². The summed E-state index contributed by atoms with van der Waals surface area (Å²) < 4.78 is 44.5. The summed E-state index contributed by atoms with van der Waals surface area (Å²) in [5.74, 6) is 2.04. The molecule has 8 rings (SSSR count). The maximum absolute atomic E-state index is 14.7. The predicted octanol–water partition coefficient (Wildman–Crippen LogP) is 6.38. The molecule has 5 atom stereocenters. The average molecular weight is 738 g/mol. The van der Waals surface area contributed by atoms with Gasteiger partial charge in [-0.15, -0.1) is 0 Å². The topological polar surface area (TPSA) is 100 Å². The van der Waals surface area contributed by atoms with E-state index in [0.29, 0.717) is 80.4 Å². The lowest BCUT2D eigenvalue weighted by Gasteiger charge is -2.61. The molecule has 0 spiro atoms.